The van der Waals surface area contributed by atoms with Crippen molar-refractivity contribution in [1.82, 2.24) is 0 Å². The van der Waals surface area contributed by atoms with Crippen LogP contribution in [-0.2, 0) is 6.42 Å². The van der Waals surface area contributed by atoms with Crippen LogP contribution in [-0.4, -0.2) is 25.1 Å². The summed E-state index contributed by atoms with van der Waals surface area (Å²) in [6.45, 7) is 0. The maximum absolute atomic E-state index is 10.9. The average molecular weight is 314 g/mol. The zero-order valence-corrected chi connectivity index (χ0v) is 13.0. The van der Waals surface area contributed by atoms with Crippen LogP contribution in [0.4, 0.5) is 0 Å². The van der Waals surface area contributed by atoms with Gasteiger partial charge in [-0.05, 0) is 30.2 Å². The van der Waals surface area contributed by atoms with E-state index in [-0.39, 0.29) is 0 Å². The normalized spacial score (nSPS) is 24.4. The summed E-state index contributed by atoms with van der Waals surface area (Å²) in [5, 5.41) is 10.9. The van der Waals surface area contributed by atoms with E-state index in [0.29, 0.717) is 29.2 Å². The third kappa shape index (κ3) is 1.96. The van der Waals surface area contributed by atoms with Crippen molar-refractivity contribution in [3.05, 3.63) is 47.5 Å². The number of hydrogen-bond acceptors (Lipinski definition) is 5. The third-order valence-electron chi connectivity index (χ3n) is 4.52. The Labute approximate surface area is 134 Å². The summed E-state index contributed by atoms with van der Waals surface area (Å²) in [6.07, 6.45) is 0.369. The second kappa shape index (κ2) is 5.06. The Bertz CT molecular complexity index is 757. The van der Waals surface area contributed by atoms with Gasteiger partial charge in [0.15, 0.2) is 17.6 Å². The SMILES string of the molecule is COc1ccc(OC)c2c1O[C@@]1(CCc3ccccc3O1)[C@H]2O. The van der Waals surface area contributed by atoms with Crippen molar-refractivity contribution in [2.24, 2.45) is 0 Å². The Balaban J connectivity index is 1.80. The molecule has 0 amide bonds. The summed E-state index contributed by atoms with van der Waals surface area (Å²) in [7, 11) is 3.14. The van der Waals surface area contributed by atoms with Crippen LogP contribution in [0.25, 0.3) is 0 Å². The lowest BCUT2D eigenvalue weighted by Crippen LogP contribution is -2.47. The zero-order valence-electron chi connectivity index (χ0n) is 13.0. The Kier molecular flexibility index (Phi) is 3.13. The number of rotatable bonds is 2. The summed E-state index contributed by atoms with van der Waals surface area (Å²) < 4.78 is 22.9. The zero-order chi connectivity index (χ0) is 16.0. The second-order valence-electron chi connectivity index (χ2n) is 5.74. The molecule has 2 aromatic rings. The van der Waals surface area contributed by atoms with Crippen LogP contribution in [0.15, 0.2) is 36.4 Å². The summed E-state index contributed by atoms with van der Waals surface area (Å²) in [6, 6.07) is 11.3. The highest BCUT2D eigenvalue weighted by atomic mass is 16.7. The molecule has 0 unspecified atom stereocenters. The molecule has 5 nitrogen and oxygen atoms in total. The van der Waals surface area contributed by atoms with E-state index in [4.69, 9.17) is 18.9 Å². The van der Waals surface area contributed by atoms with Gasteiger partial charge in [0.1, 0.15) is 11.5 Å². The Morgan fingerprint density at radius 2 is 1.78 bits per heavy atom. The standard InChI is InChI=1S/C18H18O5/c1-20-13-7-8-14(21-2)16-15(13)17(19)18(23-16)10-9-11-5-3-4-6-12(11)22-18/h3-8,17,19H,9-10H2,1-2H3/t17-,18-/m0/s1. The van der Waals surface area contributed by atoms with Crippen LogP contribution in [0.5, 0.6) is 23.0 Å². The molecule has 2 aliphatic heterocycles. The predicted molar refractivity (Wildman–Crippen MR) is 83.3 cm³/mol. The third-order valence-corrected chi connectivity index (χ3v) is 4.52. The fraction of sp³-hybridized carbons (Fsp3) is 0.333. The molecule has 1 spiro atoms. The van der Waals surface area contributed by atoms with Gasteiger partial charge in [-0.2, -0.15) is 0 Å². The first-order valence-corrected chi connectivity index (χ1v) is 7.57. The van der Waals surface area contributed by atoms with Gasteiger partial charge < -0.3 is 24.1 Å². The largest absolute Gasteiger partial charge is 0.496 e. The van der Waals surface area contributed by atoms with Crippen molar-refractivity contribution in [2.75, 3.05) is 14.2 Å². The first-order valence-electron chi connectivity index (χ1n) is 7.57. The van der Waals surface area contributed by atoms with Crippen molar-refractivity contribution in [1.29, 1.82) is 0 Å². The number of aliphatic hydroxyl groups excluding tert-OH is 1. The topological polar surface area (TPSA) is 57.2 Å². The fourth-order valence-corrected chi connectivity index (χ4v) is 3.33. The van der Waals surface area contributed by atoms with Crippen molar-refractivity contribution in [3.8, 4) is 23.0 Å². The van der Waals surface area contributed by atoms with E-state index in [1.165, 1.54) is 0 Å². The van der Waals surface area contributed by atoms with Crippen molar-refractivity contribution in [3.63, 3.8) is 0 Å². The number of benzene rings is 2. The van der Waals surface area contributed by atoms with Gasteiger partial charge in [0, 0.05) is 6.42 Å². The molecule has 2 aliphatic rings. The molecular formula is C18H18O5. The minimum Gasteiger partial charge on any atom is -0.496 e. The number of para-hydroxylation sites is 1. The van der Waals surface area contributed by atoms with Gasteiger partial charge in [-0.3, -0.25) is 0 Å². The van der Waals surface area contributed by atoms with Gasteiger partial charge in [0.25, 0.3) is 5.79 Å². The van der Waals surface area contributed by atoms with Gasteiger partial charge >= 0.3 is 0 Å². The maximum atomic E-state index is 10.9. The quantitative estimate of drug-likeness (QED) is 0.924. The summed E-state index contributed by atoms with van der Waals surface area (Å²) in [5.41, 5.74) is 1.69. The van der Waals surface area contributed by atoms with Crippen LogP contribution >= 0.6 is 0 Å². The Morgan fingerprint density at radius 3 is 2.57 bits per heavy atom. The minimum atomic E-state index is -1.14. The molecule has 1 N–H and O–H groups in total. The van der Waals surface area contributed by atoms with Gasteiger partial charge in [0.2, 0.25) is 0 Å². The lowest BCUT2D eigenvalue weighted by atomic mass is 9.93. The number of methoxy groups -OCH3 is 2. The molecule has 2 heterocycles. The van der Waals surface area contributed by atoms with E-state index >= 15 is 0 Å². The highest BCUT2D eigenvalue weighted by Gasteiger charge is 2.54. The van der Waals surface area contributed by atoms with E-state index in [1.54, 1.807) is 26.4 Å². The van der Waals surface area contributed by atoms with E-state index in [9.17, 15) is 5.11 Å². The second-order valence-corrected chi connectivity index (χ2v) is 5.74. The van der Waals surface area contributed by atoms with Crippen LogP contribution in [0.2, 0.25) is 0 Å². The van der Waals surface area contributed by atoms with Gasteiger partial charge in [-0.15, -0.1) is 0 Å². The fourth-order valence-electron chi connectivity index (χ4n) is 3.33. The number of ether oxygens (including phenoxy) is 4. The molecule has 0 radical (unpaired) electrons. The summed E-state index contributed by atoms with van der Waals surface area (Å²) in [5.74, 6) is 1.20. The van der Waals surface area contributed by atoms with Crippen LogP contribution in [0.1, 0.15) is 23.7 Å². The molecule has 0 aliphatic carbocycles. The van der Waals surface area contributed by atoms with E-state index in [0.717, 1.165) is 17.7 Å². The Morgan fingerprint density at radius 1 is 1.04 bits per heavy atom. The molecule has 2 aromatic carbocycles. The molecule has 4 rings (SSSR count). The molecule has 120 valence electrons. The van der Waals surface area contributed by atoms with Gasteiger partial charge in [0.05, 0.1) is 19.8 Å². The number of hydrogen-bond donors (Lipinski definition) is 1. The molecule has 0 fully saturated rings. The average Bonchev–Trinajstić information content (AvgIpc) is 2.87. The molecule has 0 saturated heterocycles. The summed E-state index contributed by atoms with van der Waals surface area (Å²) >= 11 is 0. The molecule has 2 atom stereocenters. The lowest BCUT2D eigenvalue weighted by molar-refractivity contribution is -0.180. The van der Waals surface area contributed by atoms with Gasteiger partial charge in [-0.1, -0.05) is 18.2 Å². The predicted octanol–water partition coefficient (Wildman–Crippen LogP) is 2.85. The monoisotopic (exact) mass is 314 g/mol. The molecular weight excluding hydrogens is 296 g/mol. The molecule has 0 saturated carbocycles. The first-order chi connectivity index (χ1) is 11.2. The molecule has 23 heavy (non-hydrogen) atoms. The summed E-state index contributed by atoms with van der Waals surface area (Å²) in [4.78, 5) is 0. The van der Waals surface area contributed by atoms with E-state index in [2.05, 4.69) is 0 Å². The Hall–Kier alpha value is -2.40. The minimum absolute atomic E-state index is 0.485. The van der Waals surface area contributed by atoms with Crippen molar-refractivity contribution < 1.29 is 24.1 Å². The van der Waals surface area contributed by atoms with Crippen molar-refractivity contribution in [2.45, 2.75) is 24.7 Å². The van der Waals surface area contributed by atoms with E-state index < -0.39 is 11.9 Å². The molecule has 5 heteroatoms. The van der Waals surface area contributed by atoms with Crippen LogP contribution in [0.3, 0.4) is 0 Å². The number of aryl methyl sites for hydroxylation is 1. The van der Waals surface area contributed by atoms with Crippen LogP contribution < -0.4 is 18.9 Å². The maximum Gasteiger partial charge on any atom is 0.282 e. The highest BCUT2D eigenvalue weighted by Crippen LogP contribution is 2.55. The van der Waals surface area contributed by atoms with Gasteiger partial charge in [-0.25, -0.2) is 0 Å². The smallest absolute Gasteiger partial charge is 0.282 e. The van der Waals surface area contributed by atoms with E-state index in [1.807, 2.05) is 24.3 Å². The lowest BCUT2D eigenvalue weighted by Gasteiger charge is -2.36. The number of fused-ring (bicyclic) bond motifs is 2. The van der Waals surface area contributed by atoms with Crippen LogP contribution in [0, 0.1) is 0 Å². The molecule has 0 aromatic heterocycles. The first kappa shape index (κ1) is 14.2. The highest BCUT2D eigenvalue weighted by molar-refractivity contribution is 5.58. The van der Waals surface area contributed by atoms with Crippen molar-refractivity contribution >= 4 is 0 Å². The molecule has 0 bridgehead atoms. The number of aliphatic hydroxyl groups is 1.